The molecule has 168 valence electrons. The molecule has 2 aromatic carbocycles. The van der Waals surface area contributed by atoms with Crippen LogP contribution in [0.15, 0.2) is 36.4 Å². The zero-order valence-corrected chi connectivity index (χ0v) is 17.8. The van der Waals surface area contributed by atoms with E-state index >= 15 is 0 Å². The molecule has 2 fully saturated rings. The first-order chi connectivity index (χ1) is 14.9. The molecular weight excluding hydrogens is 400 g/mol. The highest BCUT2D eigenvalue weighted by atomic mass is 19.3. The lowest BCUT2D eigenvalue weighted by Gasteiger charge is -2.42. The predicted molar refractivity (Wildman–Crippen MR) is 117 cm³/mol. The van der Waals surface area contributed by atoms with E-state index in [0.717, 1.165) is 34.9 Å². The van der Waals surface area contributed by atoms with Crippen molar-refractivity contribution in [2.24, 2.45) is 5.41 Å². The number of carboxylic acids is 1. The molecule has 2 aliphatic rings. The quantitative estimate of drug-likeness (QED) is 0.571. The van der Waals surface area contributed by atoms with Crippen molar-refractivity contribution in [1.82, 2.24) is 5.32 Å². The number of alkyl halides is 2. The molecule has 0 radical (unpaired) electrons. The van der Waals surface area contributed by atoms with E-state index in [9.17, 15) is 13.6 Å². The Bertz CT molecular complexity index is 914. The molecule has 4 rings (SSSR count). The zero-order chi connectivity index (χ0) is 21.9. The molecule has 0 atom stereocenters. The average molecular weight is 432 g/mol. The molecule has 1 spiro atoms. The van der Waals surface area contributed by atoms with Gasteiger partial charge in [0.05, 0.1) is 12.6 Å². The van der Waals surface area contributed by atoms with Crippen LogP contribution in [0.4, 0.5) is 8.78 Å². The monoisotopic (exact) mass is 431 g/mol. The van der Waals surface area contributed by atoms with Crippen LogP contribution in [0.5, 0.6) is 5.75 Å². The molecule has 2 aliphatic carbocycles. The van der Waals surface area contributed by atoms with E-state index in [1.807, 2.05) is 36.4 Å². The number of carboxylic acid groups (broad SMARTS) is 1. The van der Waals surface area contributed by atoms with Gasteiger partial charge in [-0.25, -0.2) is 4.79 Å². The van der Waals surface area contributed by atoms with Gasteiger partial charge in [-0.1, -0.05) is 37.5 Å². The first kappa shape index (κ1) is 22.0. The fraction of sp³-hybridized carbons (Fsp3) is 0.560. The van der Waals surface area contributed by atoms with E-state index in [2.05, 4.69) is 5.32 Å². The second-order valence-electron chi connectivity index (χ2n) is 9.33. The normalized spacial score (nSPS) is 19.5. The highest BCUT2D eigenvalue weighted by Gasteiger charge is 2.38. The summed E-state index contributed by atoms with van der Waals surface area (Å²) >= 11 is 0. The minimum absolute atomic E-state index is 0.181. The Morgan fingerprint density at radius 1 is 1.03 bits per heavy atom. The van der Waals surface area contributed by atoms with E-state index in [0.29, 0.717) is 5.41 Å². The Kier molecular flexibility index (Phi) is 6.47. The lowest BCUT2D eigenvalue weighted by molar-refractivity contribution is -0.164. The van der Waals surface area contributed by atoms with Gasteiger partial charge in [0.25, 0.3) is 0 Å². The third kappa shape index (κ3) is 5.35. The van der Waals surface area contributed by atoms with E-state index in [1.165, 1.54) is 44.9 Å². The fourth-order valence-electron chi connectivity index (χ4n) is 5.21. The van der Waals surface area contributed by atoms with E-state index < -0.39 is 18.4 Å². The van der Waals surface area contributed by atoms with Gasteiger partial charge in [-0.15, -0.1) is 0 Å². The standard InChI is InChI=1S/C25H31F2NO3/c26-25(27,23(29)30)17-28-16-18-4-5-20-15-22(7-6-19(20)14-18)31-21-8-12-24(13-9-21)10-2-1-3-11-24/h4-7,14-15,21,28H,1-3,8-13,16-17H2,(H,29,30). The molecule has 0 unspecified atom stereocenters. The number of rotatable bonds is 7. The van der Waals surface area contributed by atoms with Gasteiger partial charge in [0.15, 0.2) is 0 Å². The number of benzene rings is 2. The second kappa shape index (κ2) is 9.11. The minimum atomic E-state index is -3.77. The molecule has 0 bridgehead atoms. The van der Waals surface area contributed by atoms with Gasteiger partial charge in [-0.05, 0) is 78.5 Å². The maximum atomic E-state index is 13.2. The summed E-state index contributed by atoms with van der Waals surface area (Å²) in [5.41, 5.74) is 1.41. The van der Waals surface area contributed by atoms with Crippen LogP contribution in [0.2, 0.25) is 0 Å². The summed E-state index contributed by atoms with van der Waals surface area (Å²) in [7, 11) is 0. The van der Waals surface area contributed by atoms with Gasteiger partial charge in [-0.3, -0.25) is 0 Å². The zero-order valence-electron chi connectivity index (χ0n) is 17.8. The van der Waals surface area contributed by atoms with E-state index in [4.69, 9.17) is 9.84 Å². The van der Waals surface area contributed by atoms with Crippen LogP contribution in [-0.4, -0.2) is 29.6 Å². The molecule has 4 nitrogen and oxygen atoms in total. The van der Waals surface area contributed by atoms with Crippen LogP contribution in [-0.2, 0) is 11.3 Å². The largest absolute Gasteiger partial charge is 0.490 e. The second-order valence-corrected chi connectivity index (χ2v) is 9.33. The topological polar surface area (TPSA) is 58.6 Å². The number of hydrogen-bond donors (Lipinski definition) is 2. The number of fused-ring (bicyclic) bond motifs is 1. The first-order valence-corrected chi connectivity index (χ1v) is 11.4. The number of aliphatic carboxylic acids is 1. The smallest absolute Gasteiger partial charge is 0.375 e. The van der Waals surface area contributed by atoms with Crippen molar-refractivity contribution in [2.75, 3.05) is 6.54 Å². The van der Waals surface area contributed by atoms with E-state index in [1.54, 1.807) is 0 Å². The molecule has 0 aliphatic heterocycles. The summed E-state index contributed by atoms with van der Waals surface area (Å²) in [6, 6.07) is 11.8. The Morgan fingerprint density at radius 2 is 1.71 bits per heavy atom. The van der Waals surface area contributed by atoms with Crippen molar-refractivity contribution in [3.8, 4) is 5.75 Å². The third-order valence-corrected chi connectivity index (χ3v) is 7.08. The molecule has 2 N–H and O–H groups in total. The summed E-state index contributed by atoms with van der Waals surface area (Å²) in [5, 5.41) is 13.0. The Labute approximate surface area is 182 Å². The van der Waals surface area contributed by atoms with Crippen molar-refractivity contribution in [3.63, 3.8) is 0 Å². The minimum Gasteiger partial charge on any atom is -0.490 e. The summed E-state index contributed by atoms with van der Waals surface area (Å²) in [5.74, 6) is -5.00. The molecule has 2 aromatic rings. The Morgan fingerprint density at radius 3 is 2.42 bits per heavy atom. The van der Waals surface area contributed by atoms with Gasteiger partial charge >= 0.3 is 11.9 Å². The predicted octanol–water partition coefficient (Wildman–Crippen LogP) is 5.92. The number of halogens is 2. The average Bonchev–Trinajstić information content (AvgIpc) is 2.76. The molecule has 0 heterocycles. The van der Waals surface area contributed by atoms with Crippen LogP contribution in [0.25, 0.3) is 10.8 Å². The van der Waals surface area contributed by atoms with Crippen LogP contribution in [0.1, 0.15) is 63.4 Å². The van der Waals surface area contributed by atoms with Gasteiger partial charge in [0, 0.05) is 6.54 Å². The van der Waals surface area contributed by atoms with Crippen molar-refractivity contribution in [1.29, 1.82) is 0 Å². The molecule has 2 saturated carbocycles. The third-order valence-electron chi connectivity index (χ3n) is 7.08. The molecule has 0 amide bonds. The summed E-state index contributed by atoms with van der Waals surface area (Å²) in [6.07, 6.45) is 12.0. The summed E-state index contributed by atoms with van der Waals surface area (Å²) < 4.78 is 32.6. The number of nitrogens with one attached hydrogen (secondary N) is 1. The number of hydrogen-bond acceptors (Lipinski definition) is 3. The summed E-state index contributed by atoms with van der Waals surface area (Å²) in [6.45, 7) is -0.712. The molecular formula is C25H31F2NO3. The number of ether oxygens (including phenoxy) is 1. The highest BCUT2D eigenvalue weighted by Crippen LogP contribution is 2.48. The molecule has 31 heavy (non-hydrogen) atoms. The van der Waals surface area contributed by atoms with Gasteiger partial charge in [0.2, 0.25) is 0 Å². The first-order valence-electron chi connectivity index (χ1n) is 11.4. The molecule has 0 aromatic heterocycles. The van der Waals surface area contributed by atoms with Crippen LogP contribution in [0.3, 0.4) is 0 Å². The Balaban J connectivity index is 1.32. The van der Waals surface area contributed by atoms with Crippen molar-refractivity contribution < 1.29 is 23.4 Å². The van der Waals surface area contributed by atoms with E-state index in [-0.39, 0.29) is 12.6 Å². The van der Waals surface area contributed by atoms with Crippen molar-refractivity contribution in [3.05, 3.63) is 42.0 Å². The maximum Gasteiger partial charge on any atom is 0.375 e. The lowest BCUT2D eigenvalue weighted by Crippen LogP contribution is -2.39. The fourth-order valence-corrected chi connectivity index (χ4v) is 5.21. The van der Waals surface area contributed by atoms with Gasteiger partial charge < -0.3 is 15.2 Å². The highest BCUT2D eigenvalue weighted by molar-refractivity contribution is 5.84. The lowest BCUT2D eigenvalue weighted by atomic mass is 9.65. The molecule has 0 saturated heterocycles. The molecule has 6 heteroatoms. The van der Waals surface area contributed by atoms with Crippen LogP contribution in [0, 0.1) is 5.41 Å². The SMILES string of the molecule is O=C(O)C(F)(F)CNCc1ccc2cc(OC3CCC4(CCCCC4)CC3)ccc2c1. The van der Waals surface area contributed by atoms with Gasteiger partial charge in [0.1, 0.15) is 5.75 Å². The van der Waals surface area contributed by atoms with Crippen molar-refractivity contribution >= 4 is 16.7 Å². The van der Waals surface area contributed by atoms with Crippen LogP contribution < -0.4 is 10.1 Å². The maximum absolute atomic E-state index is 13.2. The Hall–Kier alpha value is -2.21. The van der Waals surface area contributed by atoms with Crippen molar-refractivity contribution in [2.45, 2.75) is 76.4 Å². The van der Waals surface area contributed by atoms with Crippen LogP contribution >= 0.6 is 0 Å². The van der Waals surface area contributed by atoms with Gasteiger partial charge in [-0.2, -0.15) is 8.78 Å². The number of carbonyl (C=O) groups is 1. The summed E-state index contributed by atoms with van der Waals surface area (Å²) in [4.78, 5) is 10.5.